The van der Waals surface area contributed by atoms with Gasteiger partial charge in [0, 0.05) is 30.9 Å². The van der Waals surface area contributed by atoms with Crippen LogP contribution in [0, 0.1) is 69.2 Å². The Hall–Kier alpha value is -10.7. The van der Waals surface area contributed by atoms with Crippen LogP contribution in [-0.2, 0) is 0 Å². The third kappa shape index (κ3) is 45.3. The van der Waals surface area contributed by atoms with Crippen molar-refractivity contribution < 1.29 is 4.79 Å². The smallest absolute Gasteiger partial charge is 0.195 e. The van der Waals surface area contributed by atoms with Crippen LogP contribution >= 0.6 is 0 Å². The van der Waals surface area contributed by atoms with E-state index in [9.17, 15) is 4.79 Å². The van der Waals surface area contributed by atoms with Gasteiger partial charge in [-0.05, 0) is 81.4 Å². The average molecular weight is 1220 g/mol. The number of aryl methyl sites for hydroxylation is 10. The van der Waals surface area contributed by atoms with Crippen molar-refractivity contribution in [3.05, 3.63) is 461 Å². The lowest BCUT2D eigenvalue weighted by Gasteiger charge is -2.16. The zero-order valence-electron chi connectivity index (χ0n) is 57.4. The summed E-state index contributed by atoms with van der Waals surface area (Å²) in [5.74, 6) is 0.0647. The number of hydrogen-bond donors (Lipinski definition) is 0. The van der Waals surface area contributed by atoms with Gasteiger partial charge in [-0.25, -0.2) is 0 Å². The van der Waals surface area contributed by atoms with Crippen molar-refractivity contribution in [2.24, 2.45) is 0 Å². The third-order valence-electron chi connectivity index (χ3n) is 12.7. The van der Waals surface area contributed by atoms with Crippen LogP contribution in [0.4, 0.5) is 5.69 Å². The molecule has 0 saturated carbocycles. The van der Waals surface area contributed by atoms with Crippen molar-refractivity contribution in [2.75, 3.05) is 19.0 Å². The van der Waals surface area contributed by atoms with Crippen LogP contribution in [0.15, 0.2) is 394 Å². The highest BCUT2D eigenvalue weighted by Gasteiger charge is 2.13. The van der Waals surface area contributed by atoms with E-state index in [0.29, 0.717) is 0 Å². The monoisotopic (exact) mass is 1220 g/mol. The number of hydrogen-bond acceptors (Lipinski definition) is 2. The lowest BCUT2D eigenvalue weighted by atomic mass is 10.0. The van der Waals surface area contributed by atoms with E-state index >= 15 is 0 Å². The molecule has 2 nitrogen and oxygen atoms in total. The first-order valence-corrected chi connectivity index (χ1v) is 31.7. The Morgan fingerprint density at radius 3 is 0.452 bits per heavy atom. The molecule has 0 aliphatic carbocycles. The maximum absolute atomic E-state index is 12.3. The van der Waals surface area contributed by atoms with Gasteiger partial charge in [-0.2, -0.15) is 0 Å². The molecule has 13 aromatic carbocycles. The fraction of sp³-hybridized carbons (Fsp3) is 0.132. The van der Waals surface area contributed by atoms with Crippen LogP contribution in [0.5, 0.6) is 0 Å². The number of carbonyl (C=O) groups is 1. The highest BCUT2D eigenvalue weighted by Crippen LogP contribution is 2.21. The Morgan fingerprint density at radius 2 is 0.312 bits per heavy atom. The van der Waals surface area contributed by atoms with Gasteiger partial charge >= 0.3 is 0 Å². The summed E-state index contributed by atoms with van der Waals surface area (Å²) < 4.78 is 0. The number of anilines is 1. The molecular weight excluding hydrogens is 1120 g/mol. The van der Waals surface area contributed by atoms with E-state index in [-0.39, 0.29) is 5.78 Å². The molecule has 476 valence electrons. The van der Waals surface area contributed by atoms with Crippen molar-refractivity contribution in [3.8, 4) is 0 Å². The number of nitrogens with zero attached hydrogens (tertiary/aromatic N) is 1. The first-order chi connectivity index (χ1) is 45.1. The second-order valence-electron chi connectivity index (χ2n) is 21.8. The second kappa shape index (κ2) is 53.2. The van der Waals surface area contributed by atoms with Crippen LogP contribution in [0.3, 0.4) is 0 Å². The summed E-state index contributed by atoms with van der Waals surface area (Å²) in [6, 6.07) is 132. The second-order valence-corrected chi connectivity index (χ2v) is 21.8. The molecule has 0 spiro atoms. The molecule has 2 heteroatoms. The minimum absolute atomic E-state index is 0.0647. The first kappa shape index (κ1) is 78.4. The van der Waals surface area contributed by atoms with Crippen molar-refractivity contribution >= 4 is 11.5 Å². The Balaban J connectivity index is 0.000000351. The Morgan fingerprint density at radius 1 is 0.183 bits per heavy atom. The maximum atomic E-state index is 12.3. The van der Waals surface area contributed by atoms with E-state index in [0.717, 1.165) is 16.8 Å². The standard InChI is InChI=1S/C15H15NO.10C7H8.C6H6/c1-16(2)14-11-7-6-10-13(14)15(17)12-8-4-3-5-9-12;10*1-7-5-3-2-4-6-7;1-2-4-6-5-3-1/h3-11H,1-2H3;10*2-6H,1H3;1-6H. The van der Waals surface area contributed by atoms with Crippen molar-refractivity contribution in [3.63, 3.8) is 0 Å². The SMILES string of the molecule is CN(C)c1ccccc1C(=O)c1ccccc1.Cc1ccccc1.Cc1ccccc1.Cc1ccccc1.Cc1ccccc1.Cc1ccccc1.Cc1ccccc1.Cc1ccccc1.Cc1ccccc1.Cc1ccccc1.Cc1ccccc1.c1ccccc1. The molecule has 0 saturated heterocycles. The van der Waals surface area contributed by atoms with E-state index in [1.54, 1.807) is 0 Å². The molecule has 0 bridgehead atoms. The summed E-state index contributed by atoms with van der Waals surface area (Å²) in [7, 11) is 3.88. The molecule has 0 aliphatic rings. The predicted octanol–water partition coefficient (Wildman–Crippen LogP) is 24.6. The van der Waals surface area contributed by atoms with Crippen LogP contribution in [0.25, 0.3) is 0 Å². The molecule has 0 unspecified atom stereocenters. The third-order valence-corrected chi connectivity index (χ3v) is 12.7. The number of ketones is 1. The number of carbonyl (C=O) groups excluding carboxylic acids is 1. The molecular formula is C91H101NO. The van der Waals surface area contributed by atoms with Crippen LogP contribution < -0.4 is 4.90 Å². The molecule has 93 heavy (non-hydrogen) atoms. The molecule has 13 rings (SSSR count). The topological polar surface area (TPSA) is 20.3 Å². The molecule has 0 amide bonds. The molecule has 0 atom stereocenters. The van der Waals surface area contributed by atoms with E-state index in [1.165, 1.54) is 55.6 Å². The van der Waals surface area contributed by atoms with Crippen molar-refractivity contribution in [2.45, 2.75) is 69.2 Å². The largest absolute Gasteiger partial charge is 0.377 e. The predicted molar refractivity (Wildman–Crippen MR) is 409 cm³/mol. The lowest BCUT2D eigenvalue weighted by Crippen LogP contribution is -2.14. The minimum Gasteiger partial charge on any atom is -0.377 e. The van der Waals surface area contributed by atoms with Crippen LogP contribution in [-0.4, -0.2) is 19.9 Å². The minimum atomic E-state index is 0.0647. The van der Waals surface area contributed by atoms with Gasteiger partial charge in [-0.15, -0.1) is 0 Å². The molecule has 0 fully saturated rings. The quantitative estimate of drug-likeness (QED) is 0.164. The van der Waals surface area contributed by atoms with Gasteiger partial charge in [0.05, 0.1) is 0 Å². The summed E-state index contributed by atoms with van der Waals surface area (Å²) in [5.41, 5.74) is 15.6. The molecule has 13 aromatic rings. The van der Waals surface area contributed by atoms with Gasteiger partial charge in [0.25, 0.3) is 0 Å². The number of rotatable bonds is 3. The highest BCUT2D eigenvalue weighted by atomic mass is 16.1. The molecule has 0 aliphatic heterocycles. The average Bonchev–Trinajstić information content (AvgIpc) is 1.27. The number of benzene rings is 13. The van der Waals surface area contributed by atoms with Gasteiger partial charge in [0.15, 0.2) is 5.78 Å². The molecule has 0 aromatic heterocycles. The van der Waals surface area contributed by atoms with Gasteiger partial charge in [-0.3, -0.25) is 4.79 Å². The zero-order chi connectivity index (χ0) is 67.6. The van der Waals surface area contributed by atoms with Gasteiger partial charge in [-0.1, -0.05) is 438 Å². The van der Waals surface area contributed by atoms with Crippen molar-refractivity contribution in [1.82, 2.24) is 0 Å². The fourth-order valence-corrected chi connectivity index (χ4v) is 7.53. The van der Waals surface area contributed by atoms with E-state index < -0.39 is 0 Å². The van der Waals surface area contributed by atoms with Crippen LogP contribution in [0.1, 0.15) is 71.6 Å². The summed E-state index contributed by atoms with van der Waals surface area (Å²) in [5, 5.41) is 0. The summed E-state index contributed by atoms with van der Waals surface area (Å²) in [6.45, 7) is 20.8. The highest BCUT2D eigenvalue weighted by molar-refractivity contribution is 6.12. The van der Waals surface area contributed by atoms with E-state index in [4.69, 9.17) is 0 Å². The normalized spacial score (nSPS) is 8.90. The van der Waals surface area contributed by atoms with Gasteiger partial charge in [0.1, 0.15) is 0 Å². The summed E-state index contributed by atoms with van der Waals surface area (Å²) in [6.07, 6.45) is 0. The lowest BCUT2D eigenvalue weighted by molar-refractivity contribution is 0.103. The molecule has 0 heterocycles. The van der Waals surface area contributed by atoms with Gasteiger partial charge < -0.3 is 4.90 Å². The fourth-order valence-electron chi connectivity index (χ4n) is 7.53. The maximum Gasteiger partial charge on any atom is 0.195 e. The van der Waals surface area contributed by atoms with Crippen molar-refractivity contribution in [1.29, 1.82) is 0 Å². The molecule has 0 N–H and O–H groups in total. The Labute approximate surface area is 562 Å². The zero-order valence-corrected chi connectivity index (χ0v) is 57.4. The number of para-hydroxylation sites is 1. The van der Waals surface area contributed by atoms with E-state index in [2.05, 4.69) is 191 Å². The summed E-state index contributed by atoms with van der Waals surface area (Å²) in [4.78, 5) is 14.3. The Kier molecular flexibility index (Phi) is 44.9. The molecule has 0 radical (unpaired) electrons. The Bertz CT molecular complexity index is 3040. The first-order valence-electron chi connectivity index (χ1n) is 31.7. The van der Waals surface area contributed by atoms with E-state index in [1.807, 2.05) is 292 Å². The summed E-state index contributed by atoms with van der Waals surface area (Å²) >= 11 is 0. The van der Waals surface area contributed by atoms with Gasteiger partial charge in [0.2, 0.25) is 0 Å². The van der Waals surface area contributed by atoms with Crippen LogP contribution in [0.2, 0.25) is 0 Å².